The van der Waals surface area contributed by atoms with Gasteiger partial charge in [0.25, 0.3) is 0 Å². The Morgan fingerprint density at radius 1 is 1.60 bits per heavy atom. The summed E-state index contributed by atoms with van der Waals surface area (Å²) in [7, 11) is 0. The van der Waals surface area contributed by atoms with E-state index in [9.17, 15) is 0 Å². The largest absolute Gasteiger partial charge is 0.310 e. The van der Waals surface area contributed by atoms with Gasteiger partial charge in [-0.15, -0.1) is 0 Å². The molecule has 1 aromatic heterocycles. The van der Waals surface area contributed by atoms with Crippen LogP contribution >= 0.6 is 23.1 Å². The minimum Gasteiger partial charge on any atom is -0.310 e. The van der Waals surface area contributed by atoms with Crippen molar-refractivity contribution >= 4 is 23.1 Å². The fourth-order valence-electron chi connectivity index (χ4n) is 2.16. The van der Waals surface area contributed by atoms with Crippen molar-refractivity contribution < 1.29 is 0 Å². The molecule has 3 atom stereocenters. The highest BCUT2D eigenvalue weighted by Gasteiger charge is 2.22. The van der Waals surface area contributed by atoms with E-state index >= 15 is 0 Å². The smallest absolute Gasteiger partial charge is 0.0171 e. The molecule has 3 unspecified atom stereocenters. The zero-order valence-corrected chi connectivity index (χ0v) is 11.0. The van der Waals surface area contributed by atoms with Gasteiger partial charge in [-0.05, 0) is 42.2 Å². The van der Waals surface area contributed by atoms with Gasteiger partial charge in [0.2, 0.25) is 0 Å². The zero-order valence-electron chi connectivity index (χ0n) is 9.40. The van der Waals surface area contributed by atoms with Gasteiger partial charge in [0.1, 0.15) is 0 Å². The molecule has 0 bridgehead atoms. The molecule has 1 aliphatic rings. The molecule has 0 radical (unpaired) electrons. The highest BCUT2D eigenvalue weighted by molar-refractivity contribution is 8.00. The average Bonchev–Trinajstić information content (AvgIpc) is 2.77. The summed E-state index contributed by atoms with van der Waals surface area (Å²) < 4.78 is 0. The summed E-state index contributed by atoms with van der Waals surface area (Å²) in [5.41, 5.74) is 1.47. The van der Waals surface area contributed by atoms with Crippen LogP contribution in [0.2, 0.25) is 0 Å². The number of nitrogens with one attached hydrogen (secondary N) is 1. The highest BCUT2D eigenvalue weighted by Crippen LogP contribution is 2.26. The monoisotopic (exact) mass is 241 g/mol. The van der Waals surface area contributed by atoms with E-state index < -0.39 is 0 Å². The van der Waals surface area contributed by atoms with Crippen molar-refractivity contribution in [3.8, 4) is 0 Å². The van der Waals surface area contributed by atoms with Crippen LogP contribution in [0.25, 0.3) is 0 Å². The standard InChI is InChI=1S/C12H19NS2/c1-9(5-11-3-4-14-7-11)13-12-6-10(2)15-8-12/h3-4,7,9-10,12-13H,5-6,8H2,1-2H3. The summed E-state index contributed by atoms with van der Waals surface area (Å²) in [4.78, 5) is 0. The van der Waals surface area contributed by atoms with Crippen molar-refractivity contribution in [2.24, 2.45) is 0 Å². The quantitative estimate of drug-likeness (QED) is 0.869. The third kappa shape index (κ3) is 3.51. The van der Waals surface area contributed by atoms with Gasteiger partial charge in [-0.2, -0.15) is 23.1 Å². The molecular weight excluding hydrogens is 222 g/mol. The van der Waals surface area contributed by atoms with E-state index in [2.05, 4.69) is 47.8 Å². The molecule has 0 amide bonds. The lowest BCUT2D eigenvalue weighted by Crippen LogP contribution is -2.37. The Morgan fingerprint density at radius 3 is 3.07 bits per heavy atom. The Hall–Kier alpha value is 0.01000. The molecule has 2 rings (SSSR count). The number of hydrogen-bond donors (Lipinski definition) is 1. The van der Waals surface area contributed by atoms with Crippen molar-refractivity contribution in [2.45, 2.75) is 44.0 Å². The minimum absolute atomic E-state index is 0.607. The van der Waals surface area contributed by atoms with Crippen molar-refractivity contribution in [1.82, 2.24) is 5.32 Å². The average molecular weight is 241 g/mol. The maximum absolute atomic E-state index is 3.73. The van der Waals surface area contributed by atoms with E-state index in [0.717, 1.165) is 11.3 Å². The Labute approximate surface area is 101 Å². The first-order valence-electron chi connectivity index (χ1n) is 5.63. The summed E-state index contributed by atoms with van der Waals surface area (Å²) in [6.07, 6.45) is 2.50. The third-order valence-electron chi connectivity index (χ3n) is 2.84. The van der Waals surface area contributed by atoms with Crippen LogP contribution in [0.3, 0.4) is 0 Å². The summed E-state index contributed by atoms with van der Waals surface area (Å²) in [6.45, 7) is 4.63. The summed E-state index contributed by atoms with van der Waals surface area (Å²) >= 11 is 3.89. The summed E-state index contributed by atoms with van der Waals surface area (Å²) in [6, 6.07) is 3.57. The van der Waals surface area contributed by atoms with Gasteiger partial charge in [0.15, 0.2) is 0 Å². The minimum atomic E-state index is 0.607. The van der Waals surface area contributed by atoms with Crippen molar-refractivity contribution in [1.29, 1.82) is 0 Å². The Balaban J connectivity index is 1.75. The Morgan fingerprint density at radius 2 is 2.47 bits per heavy atom. The molecule has 3 heteroatoms. The van der Waals surface area contributed by atoms with Crippen LogP contribution < -0.4 is 5.32 Å². The van der Waals surface area contributed by atoms with Crippen LogP contribution in [0.1, 0.15) is 25.8 Å². The van der Waals surface area contributed by atoms with Crippen LogP contribution in [0.4, 0.5) is 0 Å². The van der Waals surface area contributed by atoms with Crippen molar-refractivity contribution in [3.05, 3.63) is 22.4 Å². The van der Waals surface area contributed by atoms with Crippen LogP contribution in [-0.2, 0) is 6.42 Å². The lowest BCUT2D eigenvalue weighted by molar-refractivity contribution is 0.460. The second kappa shape index (κ2) is 5.37. The molecule has 1 aliphatic heterocycles. The van der Waals surface area contributed by atoms with E-state index in [4.69, 9.17) is 0 Å². The molecule has 1 fully saturated rings. The van der Waals surface area contributed by atoms with Crippen LogP contribution in [0.15, 0.2) is 16.8 Å². The Kier molecular flexibility index (Phi) is 4.12. The third-order valence-corrected chi connectivity index (χ3v) is 4.93. The van der Waals surface area contributed by atoms with Gasteiger partial charge in [-0.1, -0.05) is 6.92 Å². The molecule has 84 valence electrons. The first-order valence-corrected chi connectivity index (χ1v) is 7.62. The van der Waals surface area contributed by atoms with E-state index in [1.54, 1.807) is 11.3 Å². The zero-order chi connectivity index (χ0) is 10.7. The van der Waals surface area contributed by atoms with Gasteiger partial charge in [0.05, 0.1) is 0 Å². The van der Waals surface area contributed by atoms with Gasteiger partial charge >= 0.3 is 0 Å². The van der Waals surface area contributed by atoms with Gasteiger partial charge in [0, 0.05) is 23.1 Å². The molecule has 2 heterocycles. The molecule has 0 aliphatic carbocycles. The number of hydrogen-bond acceptors (Lipinski definition) is 3. The fraction of sp³-hybridized carbons (Fsp3) is 0.667. The number of rotatable bonds is 4. The van der Waals surface area contributed by atoms with Crippen LogP contribution in [-0.4, -0.2) is 23.1 Å². The number of thioether (sulfide) groups is 1. The fourth-order valence-corrected chi connectivity index (χ4v) is 4.00. The van der Waals surface area contributed by atoms with Gasteiger partial charge in [-0.25, -0.2) is 0 Å². The predicted molar refractivity (Wildman–Crippen MR) is 70.9 cm³/mol. The maximum Gasteiger partial charge on any atom is 0.0171 e. The first kappa shape index (κ1) is 11.5. The molecule has 1 N–H and O–H groups in total. The highest BCUT2D eigenvalue weighted by atomic mass is 32.2. The number of thiophene rings is 1. The van der Waals surface area contributed by atoms with E-state index in [-0.39, 0.29) is 0 Å². The van der Waals surface area contributed by atoms with E-state index in [1.165, 1.54) is 24.2 Å². The molecular formula is C12H19NS2. The van der Waals surface area contributed by atoms with Crippen molar-refractivity contribution in [2.75, 3.05) is 5.75 Å². The lowest BCUT2D eigenvalue weighted by atomic mass is 10.1. The molecule has 1 saturated heterocycles. The molecule has 0 aromatic carbocycles. The topological polar surface area (TPSA) is 12.0 Å². The van der Waals surface area contributed by atoms with E-state index in [0.29, 0.717) is 6.04 Å². The molecule has 1 nitrogen and oxygen atoms in total. The van der Waals surface area contributed by atoms with E-state index in [1.807, 2.05) is 0 Å². The van der Waals surface area contributed by atoms with Crippen molar-refractivity contribution in [3.63, 3.8) is 0 Å². The maximum atomic E-state index is 3.73. The summed E-state index contributed by atoms with van der Waals surface area (Å²) in [5, 5.41) is 8.99. The van der Waals surface area contributed by atoms with Crippen LogP contribution in [0, 0.1) is 0 Å². The second-order valence-corrected chi connectivity index (χ2v) is 6.73. The SMILES string of the molecule is CC(Cc1ccsc1)NC1CSC(C)C1. The summed E-state index contributed by atoms with van der Waals surface area (Å²) in [5.74, 6) is 1.29. The van der Waals surface area contributed by atoms with Gasteiger partial charge in [-0.3, -0.25) is 0 Å². The lowest BCUT2D eigenvalue weighted by Gasteiger charge is -2.18. The second-order valence-electron chi connectivity index (χ2n) is 4.48. The first-order chi connectivity index (χ1) is 7.24. The normalized spacial score (nSPS) is 28.1. The predicted octanol–water partition coefficient (Wildman–Crippen LogP) is 3.16. The van der Waals surface area contributed by atoms with Crippen LogP contribution in [0.5, 0.6) is 0 Å². The molecule has 15 heavy (non-hydrogen) atoms. The molecule has 0 saturated carbocycles. The molecule has 1 aromatic rings. The Bertz CT molecular complexity index is 284. The van der Waals surface area contributed by atoms with Gasteiger partial charge < -0.3 is 5.32 Å². The molecule has 0 spiro atoms.